The van der Waals surface area contributed by atoms with E-state index in [0.29, 0.717) is 16.2 Å². The van der Waals surface area contributed by atoms with Gasteiger partial charge in [0.05, 0.1) is 10.9 Å². The fraction of sp³-hybridized carbons (Fsp3) is 0.200. The van der Waals surface area contributed by atoms with Crippen LogP contribution in [0.5, 0.6) is 0 Å². The Labute approximate surface area is 125 Å². The summed E-state index contributed by atoms with van der Waals surface area (Å²) in [5, 5.41) is 13.2. The van der Waals surface area contributed by atoms with Gasteiger partial charge in [-0.25, -0.2) is 4.79 Å². The Kier molecular flexibility index (Phi) is 4.59. The van der Waals surface area contributed by atoms with Crippen LogP contribution in [-0.4, -0.2) is 17.0 Å². The first-order valence-corrected chi connectivity index (χ1v) is 7.21. The smallest absolute Gasteiger partial charge is 0.328 e. The van der Waals surface area contributed by atoms with Crippen LogP contribution in [0.2, 0.25) is 0 Å². The minimum absolute atomic E-state index is 0.253. The second kappa shape index (κ2) is 6.41. The number of furan rings is 1. The van der Waals surface area contributed by atoms with Crippen molar-refractivity contribution in [2.75, 3.05) is 0 Å². The molecule has 0 aliphatic rings. The first-order valence-electron chi connectivity index (χ1n) is 6.33. The zero-order valence-electron chi connectivity index (χ0n) is 11.6. The van der Waals surface area contributed by atoms with Gasteiger partial charge in [0.1, 0.15) is 11.5 Å². The summed E-state index contributed by atoms with van der Waals surface area (Å²) in [6, 6.07) is 5.11. The molecule has 5 nitrogen and oxygen atoms in total. The molecule has 0 radical (unpaired) electrons. The van der Waals surface area contributed by atoms with Crippen molar-refractivity contribution >= 4 is 29.3 Å². The predicted molar refractivity (Wildman–Crippen MR) is 80.3 cm³/mol. The Bertz CT molecular complexity index is 683. The Morgan fingerprint density at radius 1 is 1.38 bits per heavy atom. The molecule has 21 heavy (non-hydrogen) atoms. The average Bonchev–Trinajstić information content (AvgIpc) is 3.04. The first-order chi connectivity index (χ1) is 9.97. The van der Waals surface area contributed by atoms with Gasteiger partial charge < -0.3 is 14.8 Å². The zero-order valence-corrected chi connectivity index (χ0v) is 12.4. The highest BCUT2D eigenvalue weighted by Gasteiger charge is 2.17. The number of aliphatic carboxylic acids is 1. The number of hydrogen-bond acceptors (Lipinski definition) is 4. The van der Waals surface area contributed by atoms with Crippen LogP contribution in [0.15, 0.2) is 34.1 Å². The van der Waals surface area contributed by atoms with E-state index in [4.69, 9.17) is 9.52 Å². The summed E-state index contributed by atoms with van der Waals surface area (Å²) in [6.45, 7) is 3.67. The Hall–Kier alpha value is -2.34. The van der Waals surface area contributed by atoms with Crippen LogP contribution in [0.25, 0.3) is 6.08 Å². The van der Waals surface area contributed by atoms with Gasteiger partial charge in [-0.05, 0) is 49.1 Å². The van der Waals surface area contributed by atoms with Gasteiger partial charge in [-0.15, -0.1) is 11.3 Å². The largest absolute Gasteiger partial charge is 0.478 e. The second-order valence-electron chi connectivity index (χ2n) is 4.52. The van der Waals surface area contributed by atoms with E-state index >= 15 is 0 Å². The van der Waals surface area contributed by atoms with Crippen LogP contribution in [0.4, 0.5) is 0 Å². The van der Waals surface area contributed by atoms with Gasteiger partial charge in [0.2, 0.25) is 0 Å². The van der Waals surface area contributed by atoms with Crippen molar-refractivity contribution in [1.82, 2.24) is 5.32 Å². The molecule has 0 aliphatic heterocycles. The maximum Gasteiger partial charge on any atom is 0.328 e. The van der Waals surface area contributed by atoms with Crippen molar-refractivity contribution in [3.05, 3.63) is 51.6 Å². The van der Waals surface area contributed by atoms with Gasteiger partial charge in [-0.3, -0.25) is 4.79 Å². The molecule has 2 aromatic rings. The molecule has 0 spiro atoms. The number of hydrogen-bond donors (Lipinski definition) is 2. The highest BCUT2D eigenvalue weighted by molar-refractivity contribution is 7.12. The summed E-state index contributed by atoms with van der Waals surface area (Å²) >= 11 is 1.26. The van der Waals surface area contributed by atoms with E-state index in [-0.39, 0.29) is 11.9 Å². The number of nitrogens with one attached hydrogen (secondary N) is 1. The van der Waals surface area contributed by atoms with Crippen LogP contribution in [-0.2, 0) is 4.79 Å². The van der Waals surface area contributed by atoms with Gasteiger partial charge in [-0.1, -0.05) is 0 Å². The van der Waals surface area contributed by atoms with Crippen LogP contribution >= 0.6 is 11.3 Å². The third-order valence-corrected chi connectivity index (χ3v) is 3.77. The van der Waals surface area contributed by atoms with E-state index in [1.54, 1.807) is 11.4 Å². The number of rotatable bonds is 5. The molecular formula is C15H15NO4S. The van der Waals surface area contributed by atoms with E-state index < -0.39 is 5.97 Å². The third kappa shape index (κ3) is 3.82. The molecule has 110 valence electrons. The van der Waals surface area contributed by atoms with Gasteiger partial charge in [0, 0.05) is 6.08 Å². The molecule has 0 aromatic carbocycles. The SMILES string of the molecule is Cc1ccc(C(C)NC(=O)c2sccc2C=CC(=O)O)o1. The lowest BCUT2D eigenvalue weighted by Gasteiger charge is -2.11. The van der Waals surface area contributed by atoms with Gasteiger partial charge in [-0.2, -0.15) is 0 Å². The summed E-state index contributed by atoms with van der Waals surface area (Å²) in [5.74, 6) is 0.163. The monoisotopic (exact) mass is 305 g/mol. The maximum absolute atomic E-state index is 12.2. The molecule has 0 saturated heterocycles. The molecule has 2 aromatic heterocycles. The van der Waals surface area contributed by atoms with Crippen LogP contribution in [0.3, 0.4) is 0 Å². The van der Waals surface area contributed by atoms with E-state index in [2.05, 4.69) is 5.32 Å². The summed E-state index contributed by atoms with van der Waals surface area (Å²) in [4.78, 5) is 23.3. The summed E-state index contributed by atoms with van der Waals surface area (Å²) in [6.07, 6.45) is 2.42. The molecule has 1 unspecified atom stereocenters. The fourth-order valence-electron chi connectivity index (χ4n) is 1.82. The van der Waals surface area contributed by atoms with Crippen molar-refractivity contribution in [3.8, 4) is 0 Å². The predicted octanol–water partition coefficient (Wildman–Crippen LogP) is 3.24. The van der Waals surface area contributed by atoms with Crippen molar-refractivity contribution in [2.45, 2.75) is 19.9 Å². The van der Waals surface area contributed by atoms with Crippen LogP contribution in [0, 0.1) is 6.92 Å². The molecule has 6 heteroatoms. The van der Waals surface area contributed by atoms with Crippen molar-refractivity contribution in [2.24, 2.45) is 0 Å². The molecule has 0 fully saturated rings. The van der Waals surface area contributed by atoms with Crippen molar-refractivity contribution in [1.29, 1.82) is 0 Å². The number of carbonyl (C=O) groups excluding carboxylic acids is 1. The summed E-state index contributed by atoms with van der Waals surface area (Å²) in [5.41, 5.74) is 0.586. The molecule has 2 rings (SSSR count). The molecule has 2 heterocycles. The van der Waals surface area contributed by atoms with Crippen molar-refractivity contribution in [3.63, 3.8) is 0 Å². The number of amides is 1. The zero-order chi connectivity index (χ0) is 15.4. The molecular weight excluding hydrogens is 290 g/mol. The third-order valence-electron chi connectivity index (χ3n) is 2.84. The topological polar surface area (TPSA) is 79.5 Å². The van der Waals surface area contributed by atoms with Gasteiger partial charge in [0.25, 0.3) is 5.91 Å². The lowest BCUT2D eigenvalue weighted by molar-refractivity contribution is -0.131. The standard InChI is InChI=1S/C15H15NO4S/c1-9-3-5-12(20-9)10(2)16-15(19)14-11(7-8-21-14)4-6-13(17)18/h3-8,10H,1-2H3,(H,16,19)(H,17,18). The molecule has 0 aliphatic carbocycles. The molecule has 2 N–H and O–H groups in total. The normalized spacial score (nSPS) is 12.5. The van der Waals surface area contributed by atoms with Crippen LogP contribution in [0.1, 0.15) is 39.7 Å². The highest BCUT2D eigenvalue weighted by Crippen LogP contribution is 2.21. The number of carbonyl (C=O) groups is 2. The average molecular weight is 305 g/mol. The Morgan fingerprint density at radius 2 is 2.14 bits per heavy atom. The fourth-order valence-corrected chi connectivity index (χ4v) is 2.60. The van der Waals surface area contributed by atoms with E-state index in [9.17, 15) is 9.59 Å². The maximum atomic E-state index is 12.2. The lowest BCUT2D eigenvalue weighted by Crippen LogP contribution is -2.26. The number of thiophene rings is 1. The van der Waals surface area contributed by atoms with Crippen molar-refractivity contribution < 1.29 is 19.1 Å². The van der Waals surface area contributed by atoms with E-state index in [1.807, 2.05) is 26.0 Å². The number of carboxylic acid groups (broad SMARTS) is 1. The van der Waals surface area contributed by atoms with Crippen LogP contribution < -0.4 is 5.32 Å². The van der Waals surface area contributed by atoms with E-state index in [1.165, 1.54) is 17.4 Å². The Balaban J connectivity index is 2.10. The molecule has 0 bridgehead atoms. The van der Waals surface area contributed by atoms with Gasteiger partial charge >= 0.3 is 5.97 Å². The molecule has 1 amide bonds. The summed E-state index contributed by atoms with van der Waals surface area (Å²) < 4.78 is 5.47. The Morgan fingerprint density at radius 3 is 2.76 bits per heavy atom. The number of aryl methyl sites for hydroxylation is 1. The molecule has 0 saturated carbocycles. The second-order valence-corrected chi connectivity index (χ2v) is 5.44. The quantitative estimate of drug-likeness (QED) is 0.831. The highest BCUT2D eigenvalue weighted by atomic mass is 32.1. The minimum Gasteiger partial charge on any atom is -0.478 e. The molecule has 1 atom stereocenters. The summed E-state index contributed by atoms with van der Waals surface area (Å²) in [7, 11) is 0. The minimum atomic E-state index is -1.05. The first kappa shape index (κ1) is 15.1. The lowest BCUT2D eigenvalue weighted by atomic mass is 10.2. The van der Waals surface area contributed by atoms with Gasteiger partial charge in [0.15, 0.2) is 0 Å². The number of carboxylic acids is 1. The van der Waals surface area contributed by atoms with E-state index in [0.717, 1.165) is 11.8 Å².